The standard InChI is InChI=1S/C20H26N4O4/c1-13-22-16(20(25)21-6-8-26-2)11-19(23-13)24-7-5-14-9-17(27-3)18(28-4)10-15(14)12-24/h9-11H,5-8,12H2,1-4H3,(H,21,25). The van der Waals surface area contributed by atoms with Gasteiger partial charge in [-0.3, -0.25) is 4.79 Å². The third kappa shape index (κ3) is 4.33. The van der Waals surface area contributed by atoms with Crippen molar-refractivity contribution >= 4 is 11.7 Å². The van der Waals surface area contributed by atoms with Gasteiger partial charge in [0.1, 0.15) is 17.3 Å². The molecule has 2 aromatic rings. The number of amides is 1. The lowest BCUT2D eigenvalue weighted by molar-refractivity contribution is 0.0931. The van der Waals surface area contributed by atoms with Crippen LogP contribution in [0.2, 0.25) is 0 Å². The molecule has 8 nitrogen and oxygen atoms in total. The zero-order valence-corrected chi connectivity index (χ0v) is 16.7. The van der Waals surface area contributed by atoms with Crippen LogP contribution >= 0.6 is 0 Å². The minimum absolute atomic E-state index is 0.229. The highest BCUT2D eigenvalue weighted by Crippen LogP contribution is 2.34. The van der Waals surface area contributed by atoms with Crippen molar-refractivity contribution in [1.29, 1.82) is 0 Å². The molecule has 150 valence electrons. The highest BCUT2D eigenvalue weighted by atomic mass is 16.5. The molecular weight excluding hydrogens is 360 g/mol. The summed E-state index contributed by atoms with van der Waals surface area (Å²) in [5.74, 6) is 2.52. The van der Waals surface area contributed by atoms with Gasteiger partial charge in [-0.25, -0.2) is 9.97 Å². The fourth-order valence-electron chi connectivity index (χ4n) is 3.27. The van der Waals surface area contributed by atoms with E-state index in [9.17, 15) is 4.79 Å². The molecule has 0 radical (unpaired) electrons. The molecule has 1 aromatic heterocycles. The molecule has 8 heteroatoms. The minimum atomic E-state index is -0.229. The number of hydrogen-bond donors (Lipinski definition) is 1. The Hall–Kier alpha value is -2.87. The molecule has 0 saturated carbocycles. The number of anilines is 1. The van der Waals surface area contributed by atoms with Crippen LogP contribution in [0.3, 0.4) is 0 Å². The molecule has 1 amide bonds. The van der Waals surface area contributed by atoms with E-state index in [-0.39, 0.29) is 5.91 Å². The fraction of sp³-hybridized carbons (Fsp3) is 0.450. The van der Waals surface area contributed by atoms with E-state index in [1.807, 2.05) is 12.1 Å². The molecule has 0 spiro atoms. The Morgan fingerprint density at radius 1 is 1.11 bits per heavy atom. The summed E-state index contributed by atoms with van der Waals surface area (Å²) in [4.78, 5) is 23.3. The van der Waals surface area contributed by atoms with Crippen molar-refractivity contribution in [2.24, 2.45) is 0 Å². The van der Waals surface area contributed by atoms with Crippen molar-refractivity contribution in [2.75, 3.05) is 45.9 Å². The molecule has 0 fully saturated rings. The number of methoxy groups -OCH3 is 3. The van der Waals surface area contributed by atoms with Crippen LogP contribution in [0.15, 0.2) is 18.2 Å². The Bertz CT molecular complexity index is 856. The van der Waals surface area contributed by atoms with Crippen molar-refractivity contribution in [2.45, 2.75) is 19.9 Å². The van der Waals surface area contributed by atoms with Crippen LogP contribution in [-0.2, 0) is 17.7 Å². The van der Waals surface area contributed by atoms with Crippen molar-refractivity contribution < 1.29 is 19.0 Å². The van der Waals surface area contributed by atoms with Gasteiger partial charge in [0, 0.05) is 32.8 Å². The molecule has 1 N–H and O–H groups in total. The second kappa shape index (κ2) is 8.88. The van der Waals surface area contributed by atoms with Gasteiger partial charge in [0.25, 0.3) is 5.91 Å². The number of carbonyl (C=O) groups is 1. The first kappa shape index (κ1) is 19.9. The highest BCUT2D eigenvalue weighted by Gasteiger charge is 2.22. The summed E-state index contributed by atoms with van der Waals surface area (Å²) in [5.41, 5.74) is 2.75. The van der Waals surface area contributed by atoms with Gasteiger partial charge < -0.3 is 24.4 Å². The highest BCUT2D eigenvalue weighted by molar-refractivity contribution is 5.93. The van der Waals surface area contributed by atoms with Gasteiger partial charge in [0.2, 0.25) is 0 Å². The largest absolute Gasteiger partial charge is 0.493 e. The van der Waals surface area contributed by atoms with Gasteiger partial charge in [-0.1, -0.05) is 0 Å². The van der Waals surface area contributed by atoms with Crippen LogP contribution in [0.1, 0.15) is 27.4 Å². The fourth-order valence-corrected chi connectivity index (χ4v) is 3.27. The van der Waals surface area contributed by atoms with E-state index in [4.69, 9.17) is 14.2 Å². The van der Waals surface area contributed by atoms with E-state index in [1.54, 1.807) is 34.3 Å². The van der Waals surface area contributed by atoms with Crippen molar-refractivity contribution in [3.8, 4) is 11.5 Å². The number of benzene rings is 1. The Morgan fingerprint density at radius 2 is 1.82 bits per heavy atom. The third-order valence-corrected chi connectivity index (χ3v) is 4.69. The number of nitrogens with one attached hydrogen (secondary N) is 1. The number of ether oxygens (including phenoxy) is 3. The number of fused-ring (bicyclic) bond motifs is 1. The average Bonchev–Trinajstić information content (AvgIpc) is 2.71. The number of aryl methyl sites for hydroxylation is 1. The summed E-state index contributed by atoms with van der Waals surface area (Å²) in [7, 11) is 4.87. The van der Waals surface area contributed by atoms with Crippen LogP contribution in [0, 0.1) is 6.92 Å². The predicted molar refractivity (Wildman–Crippen MR) is 105 cm³/mol. The van der Waals surface area contributed by atoms with Gasteiger partial charge in [0.05, 0.1) is 20.8 Å². The van der Waals surface area contributed by atoms with Crippen molar-refractivity contribution in [1.82, 2.24) is 15.3 Å². The Balaban J connectivity index is 1.82. The Labute approximate surface area is 164 Å². The quantitative estimate of drug-likeness (QED) is 0.726. The number of nitrogens with zero attached hydrogens (tertiary/aromatic N) is 3. The first-order valence-corrected chi connectivity index (χ1v) is 9.17. The first-order valence-electron chi connectivity index (χ1n) is 9.17. The smallest absolute Gasteiger partial charge is 0.270 e. The average molecular weight is 386 g/mol. The first-order chi connectivity index (χ1) is 13.5. The summed E-state index contributed by atoms with van der Waals surface area (Å²) in [5, 5.41) is 2.80. The van der Waals surface area contributed by atoms with E-state index < -0.39 is 0 Å². The maximum absolute atomic E-state index is 12.4. The number of rotatable bonds is 7. The van der Waals surface area contributed by atoms with Crippen LogP contribution in [-0.4, -0.2) is 56.9 Å². The molecule has 1 aliphatic rings. The Morgan fingerprint density at radius 3 is 2.50 bits per heavy atom. The summed E-state index contributed by atoms with van der Waals surface area (Å²) in [6.45, 7) is 4.16. The molecule has 3 rings (SSSR count). The van der Waals surface area contributed by atoms with Gasteiger partial charge in [-0.15, -0.1) is 0 Å². The third-order valence-electron chi connectivity index (χ3n) is 4.69. The van der Waals surface area contributed by atoms with Crippen LogP contribution < -0.4 is 19.7 Å². The van der Waals surface area contributed by atoms with E-state index in [0.717, 1.165) is 30.1 Å². The van der Waals surface area contributed by atoms with Gasteiger partial charge in [-0.2, -0.15) is 0 Å². The maximum atomic E-state index is 12.4. The van der Waals surface area contributed by atoms with Crippen LogP contribution in [0.25, 0.3) is 0 Å². The van der Waals surface area contributed by atoms with Gasteiger partial charge >= 0.3 is 0 Å². The molecule has 1 aromatic carbocycles. The molecule has 0 atom stereocenters. The van der Waals surface area contributed by atoms with Gasteiger partial charge in [-0.05, 0) is 36.6 Å². The second-order valence-electron chi connectivity index (χ2n) is 6.55. The van der Waals surface area contributed by atoms with E-state index in [0.29, 0.717) is 37.0 Å². The molecule has 0 aliphatic carbocycles. The monoisotopic (exact) mass is 386 g/mol. The zero-order valence-electron chi connectivity index (χ0n) is 16.7. The minimum Gasteiger partial charge on any atom is -0.493 e. The van der Waals surface area contributed by atoms with E-state index in [1.165, 1.54) is 5.56 Å². The van der Waals surface area contributed by atoms with Crippen LogP contribution in [0.4, 0.5) is 5.82 Å². The van der Waals surface area contributed by atoms with E-state index in [2.05, 4.69) is 20.2 Å². The predicted octanol–water partition coefficient (Wildman–Crippen LogP) is 1.74. The van der Waals surface area contributed by atoms with Crippen LogP contribution in [0.5, 0.6) is 11.5 Å². The maximum Gasteiger partial charge on any atom is 0.270 e. The lowest BCUT2D eigenvalue weighted by Crippen LogP contribution is -2.32. The number of hydrogen-bond acceptors (Lipinski definition) is 7. The lowest BCUT2D eigenvalue weighted by atomic mass is 9.98. The van der Waals surface area contributed by atoms with E-state index >= 15 is 0 Å². The summed E-state index contributed by atoms with van der Waals surface area (Å²) in [6.07, 6.45) is 0.855. The molecule has 0 unspecified atom stereocenters. The molecule has 0 saturated heterocycles. The van der Waals surface area contributed by atoms with Crippen molar-refractivity contribution in [3.05, 3.63) is 40.8 Å². The molecule has 28 heavy (non-hydrogen) atoms. The summed E-state index contributed by atoms with van der Waals surface area (Å²) < 4.78 is 15.8. The van der Waals surface area contributed by atoms with Gasteiger partial charge in [0.15, 0.2) is 11.5 Å². The zero-order chi connectivity index (χ0) is 20.1. The number of carbonyl (C=O) groups excluding carboxylic acids is 1. The van der Waals surface area contributed by atoms with Crippen molar-refractivity contribution in [3.63, 3.8) is 0 Å². The summed E-state index contributed by atoms with van der Waals surface area (Å²) in [6, 6.07) is 5.78. The number of aromatic nitrogens is 2. The second-order valence-corrected chi connectivity index (χ2v) is 6.55. The molecule has 2 heterocycles. The molecule has 0 bridgehead atoms. The topological polar surface area (TPSA) is 85.8 Å². The molecular formula is C20H26N4O4. The Kier molecular flexibility index (Phi) is 6.30. The molecule has 1 aliphatic heterocycles. The summed E-state index contributed by atoms with van der Waals surface area (Å²) >= 11 is 0. The normalized spacial score (nSPS) is 13.1. The lowest BCUT2D eigenvalue weighted by Gasteiger charge is -2.30. The SMILES string of the molecule is COCCNC(=O)c1cc(N2CCc3cc(OC)c(OC)cc3C2)nc(C)n1.